The Bertz CT molecular complexity index is 1130. The third kappa shape index (κ3) is 7.14. The maximum atomic E-state index is 13.9. The van der Waals surface area contributed by atoms with E-state index in [-0.39, 0.29) is 24.4 Å². The van der Waals surface area contributed by atoms with Crippen molar-refractivity contribution >= 4 is 24.2 Å². The summed E-state index contributed by atoms with van der Waals surface area (Å²) in [6.07, 6.45) is -4.53. The number of anilines is 1. The summed E-state index contributed by atoms with van der Waals surface area (Å²) < 4.78 is 59.2. The molecule has 4 rings (SSSR count). The van der Waals surface area contributed by atoms with Gasteiger partial charge in [0.25, 0.3) is 5.91 Å². The number of ether oxygens (including phenoxy) is 1. The van der Waals surface area contributed by atoms with Crippen molar-refractivity contribution in [2.75, 3.05) is 44.6 Å². The Labute approximate surface area is 228 Å². The van der Waals surface area contributed by atoms with Gasteiger partial charge in [-0.1, -0.05) is 25.1 Å². The highest BCUT2D eigenvalue weighted by Gasteiger charge is 2.51. The fraction of sp³-hybridized carbons (Fsp3) is 0.536. The van der Waals surface area contributed by atoms with Crippen LogP contribution in [0, 0.1) is 0 Å². The van der Waals surface area contributed by atoms with Gasteiger partial charge in [0.05, 0.1) is 16.8 Å². The second-order valence-corrected chi connectivity index (χ2v) is 11.1. The second-order valence-electron chi connectivity index (χ2n) is 11.1. The zero-order chi connectivity index (χ0) is 28.4. The van der Waals surface area contributed by atoms with Gasteiger partial charge in [-0.15, -0.1) is 0 Å². The van der Waals surface area contributed by atoms with Crippen LogP contribution >= 0.6 is 0 Å². The van der Waals surface area contributed by atoms with E-state index in [0.717, 1.165) is 44.3 Å². The maximum Gasteiger partial charge on any atom is 0.494 e. The number of halogens is 3. The molecule has 212 valence electrons. The SMILES string of the molecule is CCN1CCN(Cc2ccc(NC(=O)COc3ccc(B4OC(C)(C)C(C)(C)O4)cc3)cc2C(F)(F)F)CC1. The highest BCUT2D eigenvalue weighted by atomic mass is 19.4. The summed E-state index contributed by atoms with van der Waals surface area (Å²) in [5.74, 6) is -0.110. The Hall–Kier alpha value is -2.60. The molecule has 2 aliphatic rings. The Kier molecular flexibility index (Phi) is 8.66. The molecule has 0 aromatic heterocycles. The molecule has 0 aliphatic carbocycles. The molecule has 2 fully saturated rings. The molecule has 2 saturated heterocycles. The number of hydrogen-bond donors (Lipinski definition) is 1. The van der Waals surface area contributed by atoms with Crippen molar-refractivity contribution in [2.24, 2.45) is 0 Å². The number of nitrogens with one attached hydrogen (secondary N) is 1. The lowest BCUT2D eigenvalue weighted by molar-refractivity contribution is -0.138. The summed E-state index contributed by atoms with van der Waals surface area (Å²) in [6, 6.07) is 10.9. The van der Waals surface area contributed by atoms with E-state index < -0.39 is 36.0 Å². The van der Waals surface area contributed by atoms with Crippen LogP contribution in [0.2, 0.25) is 0 Å². The third-order valence-electron chi connectivity index (χ3n) is 7.78. The zero-order valence-corrected chi connectivity index (χ0v) is 23.2. The van der Waals surface area contributed by atoms with Crippen molar-refractivity contribution < 1.29 is 32.0 Å². The molecule has 0 spiro atoms. The van der Waals surface area contributed by atoms with E-state index in [1.54, 1.807) is 24.3 Å². The first-order chi connectivity index (χ1) is 18.3. The molecule has 0 radical (unpaired) electrons. The number of amides is 1. The minimum Gasteiger partial charge on any atom is -0.484 e. The molecule has 2 aliphatic heterocycles. The Morgan fingerprint density at radius 1 is 0.974 bits per heavy atom. The van der Waals surface area contributed by atoms with Crippen molar-refractivity contribution in [1.29, 1.82) is 0 Å². The number of likely N-dealkylation sites (N-methyl/N-ethyl adjacent to an activating group) is 1. The first kappa shape index (κ1) is 29.4. The van der Waals surface area contributed by atoms with Crippen molar-refractivity contribution in [3.8, 4) is 5.75 Å². The second kappa shape index (κ2) is 11.5. The van der Waals surface area contributed by atoms with Crippen molar-refractivity contribution in [1.82, 2.24) is 9.80 Å². The van der Waals surface area contributed by atoms with Gasteiger partial charge in [0.15, 0.2) is 6.61 Å². The minimum atomic E-state index is -4.53. The number of hydrogen-bond acceptors (Lipinski definition) is 6. The van der Waals surface area contributed by atoms with Gasteiger partial charge in [0.2, 0.25) is 0 Å². The summed E-state index contributed by atoms with van der Waals surface area (Å²) in [6.45, 7) is 13.9. The predicted molar refractivity (Wildman–Crippen MR) is 145 cm³/mol. The van der Waals surface area contributed by atoms with Crippen LogP contribution in [0.25, 0.3) is 0 Å². The van der Waals surface area contributed by atoms with E-state index in [9.17, 15) is 18.0 Å². The number of carbonyl (C=O) groups is 1. The molecule has 2 aromatic carbocycles. The average molecular weight is 547 g/mol. The quantitative estimate of drug-likeness (QED) is 0.501. The van der Waals surface area contributed by atoms with Crippen molar-refractivity contribution in [2.45, 2.75) is 58.5 Å². The van der Waals surface area contributed by atoms with Crippen LogP contribution in [-0.2, 0) is 26.8 Å². The lowest BCUT2D eigenvalue weighted by Gasteiger charge is -2.34. The topological polar surface area (TPSA) is 63.3 Å². The van der Waals surface area contributed by atoms with Gasteiger partial charge in [-0.05, 0) is 69.5 Å². The van der Waals surface area contributed by atoms with Crippen LogP contribution in [0.3, 0.4) is 0 Å². The predicted octanol–water partition coefficient (Wildman–Crippen LogP) is 4.16. The fourth-order valence-electron chi connectivity index (χ4n) is 4.61. The fourth-order valence-corrected chi connectivity index (χ4v) is 4.61. The number of nitrogens with zero attached hydrogens (tertiary/aromatic N) is 2. The average Bonchev–Trinajstić information content (AvgIpc) is 3.10. The maximum absolute atomic E-state index is 13.9. The van der Waals surface area contributed by atoms with Crippen LogP contribution in [0.5, 0.6) is 5.75 Å². The molecule has 0 bridgehead atoms. The third-order valence-corrected chi connectivity index (χ3v) is 7.78. The highest BCUT2D eigenvalue weighted by molar-refractivity contribution is 6.62. The summed E-state index contributed by atoms with van der Waals surface area (Å²) in [7, 11) is -0.515. The molecule has 0 atom stereocenters. The van der Waals surface area contributed by atoms with Gasteiger partial charge in [-0.25, -0.2) is 0 Å². The molecule has 39 heavy (non-hydrogen) atoms. The van der Waals surface area contributed by atoms with Gasteiger partial charge < -0.3 is 24.3 Å². The van der Waals surface area contributed by atoms with Gasteiger partial charge in [0.1, 0.15) is 5.75 Å². The smallest absolute Gasteiger partial charge is 0.484 e. The molecule has 0 unspecified atom stereocenters. The molecule has 2 heterocycles. The van der Waals surface area contributed by atoms with Crippen LogP contribution in [-0.4, -0.2) is 73.4 Å². The van der Waals surface area contributed by atoms with Crippen LogP contribution < -0.4 is 15.5 Å². The van der Waals surface area contributed by atoms with Crippen molar-refractivity contribution in [3.05, 3.63) is 53.6 Å². The normalized spacial score (nSPS) is 19.7. The summed E-state index contributed by atoms with van der Waals surface area (Å²) in [4.78, 5) is 16.8. The molecule has 7 nitrogen and oxygen atoms in total. The molecule has 1 amide bonds. The Balaban J connectivity index is 1.33. The van der Waals surface area contributed by atoms with E-state index in [1.165, 1.54) is 12.1 Å². The number of piperazine rings is 1. The first-order valence-corrected chi connectivity index (χ1v) is 13.3. The van der Waals surface area contributed by atoms with E-state index in [0.29, 0.717) is 5.75 Å². The lowest BCUT2D eigenvalue weighted by Crippen LogP contribution is -2.45. The standard InChI is InChI=1S/C28H37BF3N3O4/c1-6-34-13-15-35(16-14-34)18-20-7-10-22(17-24(20)28(30,31)32)33-25(36)19-37-23-11-8-21(9-12-23)29-38-26(2,3)27(4,5)39-29/h7-12,17H,6,13-16,18-19H2,1-5H3,(H,33,36). The Morgan fingerprint density at radius 3 is 2.13 bits per heavy atom. The molecule has 2 aromatic rings. The van der Waals surface area contributed by atoms with Gasteiger partial charge in [-0.3, -0.25) is 9.69 Å². The summed E-state index contributed by atoms with van der Waals surface area (Å²) in [5, 5.41) is 2.52. The summed E-state index contributed by atoms with van der Waals surface area (Å²) in [5.41, 5.74) is -0.566. The zero-order valence-electron chi connectivity index (χ0n) is 23.2. The molecular formula is C28H37BF3N3O4. The Morgan fingerprint density at radius 2 is 1.56 bits per heavy atom. The van der Waals surface area contributed by atoms with Crippen LogP contribution in [0.1, 0.15) is 45.7 Å². The monoisotopic (exact) mass is 547 g/mol. The van der Waals surface area contributed by atoms with E-state index in [2.05, 4.69) is 17.1 Å². The number of benzene rings is 2. The van der Waals surface area contributed by atoms with E-state index in [4.69, 9.17) is 14.0 Å². The minimum absolute atomic E-state index is 0.0755. The molecule has 11 heteroatoms. The first-order valence-electron chi connectivity index (χ1n) is 13.3. The van der Waals surface area contributed by atoms with Gasteiger partial charge >= 0.3 is 13.3 Å². The van der Waals surface area contributed by atoms with Gasteiger partial charge in [-0.2, -0.15) is 13.2 Å². The number of rotatable bonds is 8. The lowest BCUT2D eigenvalue weighted by atomic mass is 9.79. The molecule has 0 saturated carbocycles. The number of carbonyl (C=O) groups excluding carboxylic acids is 1. The largest absolute Gasteiger partial charge is 0.494 e. The highest BCUT2D eigenvalue weighted by Crippen LogP contribution is 2.37. The van der Waals surface area contributed by atoms with E-state index >= 15 is 0 Å². The van der Waals surface area contributed by atoms with E-state index in [1.807, 2.05) is 32.6 Å². The molecular weight excluding hydrogens is 510 g/mol. The van der Waals surface area contributed by atoms with Crippen LogP contribution in [0.15, 0.2) is 42.5 Å². The van der Waals surface area contributed by atoms with Crippen LogP contribution in [0.4, 0.5) is 18.9 Å². The van der Waals surface area contributed by atoms with Gasteiger partial charge in [0, 0.05) is 38.4 Å². The molecule has 1 N–H and O–H groups in total. The summed E-state index contributed by atoms with van der Waals surface area (Å²) >= 11 is 0. The van der Waals surface area contributed by atoms with Crippen molar-refractivity contribution in [3.63, 3.8) is 0 Å². The number of alkyl halides is 3.